The Bertz CT molecular complexity index is 945. The van der Waals surface area contributed by atoms with Crippen LogP contribution in [0.15, 0.2) is 36.4 Å². The van der Waals surface area contributed by atoms with E-state index in [1.807, 2.05) is 44.2 Å². The summed E-state index contributed by atoms with van der Waals surface area (Å²) < 4.78 is 11.9. The molecule has 0 saturated heterocycles. The molecule has 3 aromatic rings. The highest BCUT2D eigenvalue weighted by Crippen LogP contribution is 2.33. The quantitative estimate of drug-likeness (QED) is 0.536. The molecule has 25 heavy (non-hydrogen) atoms. The van der Waals surface area contributed by atoms with E-state index in [9.17, 15) is 0 Å². The minimum Gasteiger partial charge on any atom is -0.494 e. The first-order valence-electron chi connectivity index (χ1n) is 7.82. The molecule has 1 aromatic heterocycles. The number of aryl methyl sites for hydroxylation is 2. The smallest absolute Gasteiger partial charge is 0.224 e. The number of hydrogen-bond acceptors (Lipinski definition) is 6. The van der Waals surface area contributed by atoms with E-state index in [4.69, 9.17) is 20.3 Å². The van der Waals surface area contributed by atoms with E-state index in [0.29, 0.717) is 17.7 Å². The van der Waals surface area contributed by atoms with Gasteiger partial charge >= 0.3 is 0 Å². The normalized spacial score (nSPS) is 10.7. The molecule has 0 atom stereocenters. The van der Waals surface area contributed by atoms with E-state index in [1.165, 1.54) is 5.56 Å². The third kappa shape index (κ3) is 3.69. The van der Waals surface area contributed by atoms with Gasteiger partial charge in [0, 0.05) is 6.42 Å². The number of thiazole rings is 1. The van der Waals surface area contributed by atoms with E-state index in [1.54, 1.807) is 24.5 Å². The van der Waals surface area contributed by atoms with Gasteiger partial charge in [0.25, 0.3) is 0 Å². The van der Waals surface area contributed by atoms with Crippen LogP contribution >= 0.6 is 11.3 Å². The van der Waals surface area contributed by atoms with Gasteiger partial charge in [0.15, 0.2) is 11.6 Å². The maximum atomic E-state index is 8.22. The van der Waals surface area contributed by atoms with Crippen LogP contribution in [0.2, 0.25) is 0 Å². The molecule has 5 nitrogen and oxygen atoms in total. The fourth-order valence-corrected chi connectivity index (χ4v) is 3.40. The van der Waals surface area contributed by atoms with Crippen LogP contribution in [0.25, 0.3) is 10.2 Å². The van der Waals surface area contributed by atoms with Crippen LogP contribution in [0.1, 0.15) is 21.7 Å². The van der Waals surface area contributed by atoms with Crippen molar-refractivity contribution in [2.75, 3.05) is 7.11 Å². The third-order valence-corrected chi connectivity index (χ3v) is 4.72. The number of methoxy groups -OCH3 is 1. The largest absolute Gasteiger partial charge is 0.494 e. The molecule has 128 valence electrons. The van der Waals surface area contributed by atoms with Crippen molar-refractivity contribution in [3.63, 3.8) is 0 Å². The van der Waals surface area contributed by atoms with Gasteiger partial charge in [-0.15, -0.1) is 11.3 Å². The molecule has 0 unspecified atom stereocenters. The number of aromatic nitrogens is 1. The van der Waals surface area contributed by atoms with Gasteiger partial charge in [0.05, 0.1) is 22.4 Å². The van der Waals surface area contributed by atoms with Crippen LogP contribution in [0, 0.1) is 24.7 Å². The second-order valence-electron chi connectivity index (χ2n) is 5.74. The fourth-order valence-electron chi connectivity index (χ4n) is 2.57. The van der Waals surface area contributed by atoms with Crippen LogP contribution in [-0.4, -0.2) is 23.9 Å². The number of fused-ring (bicyclic) bond motifs is 1. The van der Waals surface area contributed by atoms with Crippen molar-refractivity contribution in [2.45, 2.75) is 20.3 Å². The predicted molar refractivity (Wildman–Crippen MR) is 101 cm³/mol. The molecule has 0 aliphatic carbocycles. The monoisotopic (exact) mass is 353 g/mol. The molecule has 6 heteroatoms. The second-order valence-corrected chi connectivity index (χ2v) is 6.98. The maximum absolute atomic E-state index is 8.22. The highest BCUT2D eigenvalue weighted by atomic mass is 32.1. The molecule has 2 N–H and O–H groups in total. The highest BCUT2D eigenvalue weighted by Gasteiger charge is 2.17. The summed E-state index contributed by atoms with van der Waals surface area (Å²) in [7, 11) is 1.55. The highest BCUT2D eigenvalue weighted by molar-refractivity contribution is 7.18. The van der Waals surface area contributed by atoms with Crippen molar-refractivity contribution in [3.8, 4) is 5.75 Å². The average Bonchev–Trinajstić information content (AvgIpc) is 2.96. The van der Waals surface area contributed by atoms with Crippen molar-refractivity contribution in [2.24, 2.45) is 0 Å². The Balaban J connectivity index is 1.79. The molecular weight excluding hydrogens is 334 g/mol. The van der Waals surface area contributed by atoms with Gasteiger partial charge in [-0.2, -0.15) is 0 Å². The van der Waals surface area contributed by atoms with Crippen LogP contribution in [0.4, 0.5) is 0 Å². The SMILES string of the molecule is COc1c(C(=N)OC(=N)Cc2ccc(C)cc2)ccc2sc(C)nc12. The van der Waals surface area contributed by atoms with E-state index in [-0.39, 0.29) is 11.8 Å². The summed E-state index contributed by atoms with van der Waals surface area (Å²) in [6.07, 6.45) is 0.336. The molecule has 0 aliphatic heterocycles. The van der Waals surface area contributed by atoms with Crippen molar-refractivity contribution in [3.05, 3.63) is 58.1 Å². The summed E-state index contributed by atoms with van der Waals surface area (Å²) >= 11 is 1.57. The first-order chi connectivity index (χ1) is 12.0. The lowest BCUT2D eigenvalue weighted by atomic mass is 10.1. The van der Waals surface area contributed by atoms with Crippen molar-refractivity contribution in [1.29, 1.82) is 10.8 Å². The molecule has 0 saturated carbocycles. The summed E-state index contributed by atoms with van der Waals surface area (Å²) in [5.74, 6) is 0.418. The van der Waals surface area contributed by atoms with Crippen molar-refractivity contribution >= 4 is 33.3 Å². The number of ether oxygens (including phenoxy) is 2. The first-order valence-corrected chi connectivity index (χ1v) is 8.63. The van der Waals surface area contributed by atoms with Crippen LogP contribution in [-0.2, 0) is 11.2 Å². The molecule has 3 rings (SSSR count). The van der Waals surface area contributed by atoms with Crippen LogP contribution in [0.5, 0.6) is 5.75 Å². The Hall–Kier alpha value is -2.73. The van der Waals surface area contributed by atoms with Crippen molar-refractivity contribution < 1.29 is 9.47 Å². The summed E-state index contributed by atoms with van der Waals surface area (Å²) in [6.45, 7) is 3.95. The van der Waals surface area contributed by atoms with Crippen LogP contribution in [0.3, 0.4) is 0 Å². The zero-order valence-corrected chi connectivity index (χ0v) is 15.2. The number of nitrogens with one attached hydrogen (secondary N) is 2. The molecule has 1 heterocycles. The van der Waals surface area contributed by atoms with Gasteiger partial charge in [-0.05, 0) is 31.5 Å². The zero-order valence-electron chi connectivity index (χ0n) is 14.3. The molecule has 0 bridgehead atoms. The number of nitrogens with zero attached hydrogens (tertiary/aromatic N) is 1. The Labute approximate surface area is 150 Å². The lowest BCUT2D eigenvalue weighted by Gasteiger charge is -2.12. The van der Waals surface area contributed by atoms with Crippen molar-refractivity contribution in [1.82, 2.24) is 4.98 Å². The standard InChI is InChI=1S/C19H19N3O2S/c1-11-4-6-13(7-5-11)10-16(20)24-19(21)14-8-9-15-17(18(14)23-3)22-12(2)25-15/h4-9,20-21H,10H2,1-3H3. The van der Waals surface area contributed by atoms with Gasteiger partial charge in [0.2, 0.25) is 5.90 Å². The van der Waals surface area contributed by atoms with E-state index < -0.39 is 0 Å². The molecule has 0 amide bonds. The van der Waals surface area contributed by atoms with E-state index in [0.717, 1.165) is 20.8 Å². The third-order valence-electron chi connectivity index (χ3n) is 3.78. The molecular formula is C19H19N3O2S. The number of rotatable bonds is 4. The maximum Gasteiger partial charge on any atom is 0.224 e. The molecule has 0 radical (unpaired) electrons. The summed E-state index contributed by atoms with van der Waals surface area (Å²) in [4.78, 5) is 4.47. The van der Waals surface area contributed by atoms with Gasteiger partial charge in [0.1, 0.15) is 5.52 Å². The lowest BCUT2D eigenvalue weighted by Crippen LogP contribution is -2.15. The second kappa shape index (κ2) is 7.03. The number of benzene rings is 2. The van der Waals surface area contributed by atoms with Gasteiger partial charge in [-0.1, -0.05) is 29.8 Å². The van der Waals surface area contributed by atoms with E-state index >= 15 is 0 Å². The summed E-state index contributed by atoms with van der Waals surface area (Å²) in [5, 5.41) is 17.2. The van der Waals surface area contributed by atoms with Crippen LogP contribution < -0.4 is 4.74 Å². The first kappa shape index (κ1) is 17.1. The summed E-state index contributed by atoms with van der Waals surface area (Å²) in [5.41, 5.74) is 3.36. The van der Waals surface area contributed by atoms with Gasteiger partial charge in [-0.25, -0.2) is 4.98 Å². The van der Waals surface area contributed by atoms with E-state index in [2.05, 4.69) is 4.98 Å². The average molecular weight is 353 g/mol. The minimum absolute atomic E-state index is 0.0189. The Morgan fingerprint density at radius 1 is 1.08 bits per heavy atom. The lowest BCUT2D eigenvalue weighted by molar-refractivity contribution is 0.415. The topological polar surface area (TPSA) is 79.0 Å². The fraction of sp³-hybridized carbons (Fsp3) is 0.211. The summed E-state index contributed by atoms with van der Waals surface area (Å²) in [6, 6.07) is 11.6. The predicted octanol–water partition coefficient (Wildman–Crippen LogP) is 4.48. The Morgan fingerprint density at radius 2 is 1.80 bits per heavy atom. The Kier molecular flexibility index (Phi) is 4.81. The number of hydrogen-bond donors (Lipinski definition) is 2. The molecule has 0 fully saturated rings. The molecule has 0 aliphatic rings. The molecule has 0 spiro atoms. The molecule has 2 aromatic carbocycles. The minimum atomic E-state index is -0.110. The van der Waals surface area contributed by atoms with Gasteiger partial charge < -0.3 is 9.47 Å². The zero-order chi connectivity index (χ0) is 18.0. The van der Waals surface area contributed by atoms with Gasteiger partial charge in [-0.3, -0.25) is 10.8 Å². The Morgan fingerprint density at radius 3 is 2.48 bits per heavy atom.